The summed E-state index contributed by atoms with van der Waals surface area (Å²) in [6, 6.07) is 2.05. The van der Waals surface area contributed by atoms with E-state index in [0.29, 0.717) is 12.4 Å². The van der Waals surface area contributed by atoms with E-state index in [2.05, 4.69) is 11.1 Å². The van der Waals surface area contributed by atoms with Crippen molar-refractivity contribution in [1.29, 1.82) is 0 Å². The highest BCUT2D eigenvalue weighted by atomic mass is 35.5. The summed E-state index contributed by atoms with van der Waals surface area (Å²) >= 11 is 1.75. The third-order valence-electron chi connectivity index (χ3n) is 1.96. The van der Waals surface area contributed by atoms with Crippen molar-refractivity contribution < 1.29 is 0 Å². The van der Waals surface area contributed by atoms with Crippen molar-refractivity contribution in [3.63, 3.8) is 0 Å². The molecule has 1 aliphatic rings. The van der Waals surface area contributed by atoms with Crippen LogP contribution in [0.15, 0.2) is 11.1 Å². The first-order valence-electron chi connectivity index (χ1n) is 3.93. The van der Waals surface area contributed by atoms with Gasteiger partial charge in [0.25, 0.3) is 0 Å². The molecule has 72 valence electrons. The lowest BCUT2D eigenvalue weighted by molar-refractivity contribution is 0.960. The van der Waals surface area contributed by atoms with Gasteiger partial charge in [-0.2, -0.15) is 0 Å². The number of hydrogen-bond acceptors (Lipinski definition) is 4. The van der Waals surface area contributed by atoms with E-state index in [4.69, 9.17) is 11.5 Å². The standard InChI is InChI=1S/C8H11N3S.ClH/c9-4-5-3-6-7(12-5)1-2-11-8(6)10;/h3H,1-2,4,9H2,(H2,10,11);1H. The second-order valence-electron chi connectivity index (χ2n) is 2.77. The van der Waals surface area contributed by atoms with Crippen molar-refractivity contribution in [2.24, 2.45) is 16.5 Å². The van der Waals surface area contributed by atoms with E-state index in [1.165, 1.54) is 9.75 Å². The van der Waals surface area contributed by atoms with E-state index in [-0.39, 0.29) is 12.4 Å². The van der Waals surface area contributed by atoms with Crippen LogP contribution in [0.5, 0.6) is 0 Å². The maximum Gasteiger partial charge on any atom is 0.126 e. The Morgan fingerprint density at radius 2 is 2.31 bits per heavy atom. The lowest BCUT2D eigenvalue weighted by Gasteiger charge is -2.07. The molecule has 5 heteroatoms. The first-order chi connectivity index (χ1) is 5.81. The maximum absolute atomic E-state index is 5.73. The van der Waals surface area contributed by atoms with Gasteiger partial charge in [0, 0.05) is 34.8 Å². The Labute approximate surface area is 87.3 Å². The van der Waals surface area contributed by atoms with Gasteiger partial charge < -0.3 is 11.5 Å². The lowest BCUT2D eigenvalue weighted by atomic mass is 10.1. The maximum atomic E-state index is 5.73. The van der Waals surface area contributed by atoms with Crippen LogP contribution in [0.3, 0.4) is 0 Å². The van der Waals surface area contributed by atoms with Crippen LogP contribution in [0.25, 0.3) is 0 Å². The van der Waals surface area contributed by atoms with Crippen molar-refractivity contribution in [2.75, 3.05) is 6.54 Å². The predicted molar refractivity (Wildman–Crippen MR) is 58.8 cm³/mol. The smallest absolute Gasteiger partial charge is 0.126 e. The number of nitrogens with two attached hydrogens (primary N) is 2. The van der Waals surface area contributed by atoms with E-state index in [9.17, 15) is 0 Å². The first kappa shape index (κ1) is 10.5. The van der Waals surface area contributed by atoms with Gasteiger partial charge in [-0.15, -0.1) is 23.7 Å². The van der Waals surface area contributed by atoms with Gasteiger partial charge in [0.1, 0.15) is 5.84 Å². The van der Waals surface area contributed by atoms with E-state index in [0.717, 1.165) is 18.5 Å². The third kappa shape index (κ3) is 1.85. The molecule has 0 bridgehead atoms. The summed E-state index contributed by atoms with van der Waals surface area (Å²) < 4.78 is 0. The Bertz CT molecular complexity index is 332. The fraction of sp³-hybridized carbons (Fsp3) is 0.375. The van der Waals surface area contributed by atoms with Crippen molar-refractivity contribution in [1.82, 2.24) is 0 Å². The molecule has 1 aromatic rings. The molecule has 0 aliphatic carbocycles. The van der Waals surface area contributed by atoms with Crippen LogP contribution in [-0.4, -0.2) is 12.4 Å². The Kier molecular flexibility index (Phi) is 3.30. The molecule has 2 heterocycles. The molecule has 0 amide bonds. The summed E-state index contributed by atoms with van der Waals surface area (Å²) in [4.78, 5) is 6.71. The van der Waals surface area contributed by atoms with Gasteiger partial charge in [0.05, 0.1) is 0 Å². The van der Waals surface area contributed by atoms with Crippen LogP contribution in [0.2, 0.25) is 0 Å². The molecule has 0 spiro atoms. The van der Waals surface area contributed by atoms with Crippen LogP contribution in [0.1, 0.15) is 15.3 Å². The van der Waals surface area contributed by atoms with Crippen molar-refractivity contribution in [3.8, 4) is 0 Å². The van der Waals surface area contributed by atoms with Gasteiger partial charge in [-0.3, -0.25) is 4.99 Å². The second-order valence-corrected chi connectivity index (χ2v) is 3.99. The van der Waals surface area contributed by atoms with E-state index in [1.54, 1.807) is 11.3 Å². The minimum atomic E-state index is 0. The first-order valence-corrected chi connectivity index (χ1v) is 4.75. The van der Waals surface area contributed by atoms with E-state index in [1.807, 2.05) is 0 Å². The number of aliphatic imine (C=N–C) groups is 1. The highest BCUT2D eigenvalue weighted by molar-refractivity contribution is 7.12. The molecule has 0 radical (unpaired) electrons. The second kappa shape index (κ2) is 4.09. The molecule has 0 saturated heterocycles. The van der Waals surface area contributed by atoms with Crippen LogP contribution in [0, 0.1) is 0 Å². The van der Waals surface area contributed by atoms with Gasteiger partial charge in [0.15, 0.2) is 0 Å². The summed E-state index contributed by atoms with van der Waals surface area (Å²) in [6.07, 6.45) is 1.01. The summed E-state index contributed by atoms with van der Waals surface area (Å²) in [5.41, 5.74) is 12.4. The molecule has 0 fully saturated rings. The average molecular weight is 218 g/mol. The zero-order valence-corrected chi connectivity index (χ0v) is 8.75. The fourth-order valence-corrected chi connectivity index (χ4v) is 2.39. The highest BCUT2D eigenvalue weighted by Gasteiger charge is 2.14. The van der Waals surface area contributed by atoms with E-state index >= 15 is 0 Å². The molecule has 3 nitrogen and oxygen atoms in total. The van der Waals surface area contributed by atoms with Crippen LogP contribution in [-0.2, 0) is 13.0 Å². The van der Waals surface area contributed by atoms with Gasteiger partial charge in [-0.1, -0.05) is 0 Å². The minimum absolute atomic E-state index is 0. The molecule has 4 N–H and O–H groups in total. The molecule has 1 aromatic heterocycles. The fourth-order valence-electron chi connectivity index (χ4n) is 1.35. The van der Waals surface area contributed by atoms with Crippen molar-refractivity contribution >= 4 is 29.6 Å². The molecule has 0 unspecified atom stereocenters. The van der Waals surface area contributed by atoms with Crippen molar-refractivity contribution in [3.05, 3.63) is 21.4 Å². The zero-order chi connectivity index (χ0) is 8.55. The Balaban J connectivity index is 0.000000845. The number of rotatable bonds is 1. The zero-order valence-electron chi connectivity index (χ0n) is 7.12. The normalized spacial score (nSPS) is 14.4. The molecule has 0 aromatic carbocycles. The summed E-state index contributed by atoms with van der Waals surface area (Å²) in [7, 11) is 0. The number of halogens is 1. The quantitative estimate of drug-likeness (QED) is 0.734. The highest BCUT2D eigenvalue weighted by Crippen LogP contribution is 2.24. The number of nitrogens with zero attached hydrogens (tertiary/aromatic N) is 1. The van der Waals surface area contributed by atoms with Crippen molar-refractivity contribution in [2.45, 2.75) is 13.0 Å². The van der Waals surface area contributed by atoms with Crippen LogP contribution < -0.4 is 11.5 Å². The minimum Gasteiger partial charge on any atom is -0.383 e. The number of amidine groups is 1. The summed E-state index contributed by atoms with van der Waals surface area (Å²) in [6.45, 7) is 1.42. The predicted octanol–water partition coefficient (Wildman–Crippen LogP) is 0.890. The third-order valence-corrected chi connectivity index (χ3v) is 3.18. The van der Waals surface area contributed by atoms with Gasteiger partial charge in [-0.05, 0) is 6.07 Å². The number of fused-ring (bicyclic) bond motifs is 1. The molecule has 1 aliphatic heterocycles. The Morgan fingerprint density at radius 1 is 1.54 bits per heavy atom. The van der Waals surface area contributed by atoms with Gasteiger partial charge in [-0.25, -0.2) is 0 Å². The molecular formula is C8H12ClN3S. The molecule has 2 rings (SSSR count). The SMILES string of the molecule is Cl.NCc1cc2c(s1)CCN=C2N. The Morgan fingerprint density at radius 3 is 2.92 bits per heavy atom. The number of hydrogen-bond donors (Lipinski definition) is 2. The molecule has 0 saturated carbocycles. The topological polar surface area (TPSA) is 64.4 Å². The average Bonchev–Trinajstić information content (AvgIpc) is 2.49. The van der Waals surface area contributed by atoms with Gasteiger partial charge >= 0.3 is 0 Å². The largest absolute Gasteiger partial charge is 0.383 e. The summed E-state index contributed by atoms with van der Waals surface area (Å²) in [5.74, 6) is 0.673. The molecule has 13 heavy (non-hydrogen) atoms. The lowest BCUT2D eigenvalue weighted by Crippen LogP contribution is -2.18. The van der Waals surface area contributed by atoms with E-state index < -0.39 is 0 Å². The Hall–Kier alpha value is -0.580. The molecule has 0 atom stereocenters. The molecular weight excluding hydrogens is 206 g/mol. The summed E-state index contributed by atoms with van der Waals surface area (Å²) in [5, 5.41) is 0. The van der Waals surface area contributed by atoms with Crippen LogP contribution >= 0.6 is 23.7 Å². The monoisotopic (exact) mass is 217 g/mol. The van der Waals surface area contributed by atoms with Gasteiger partial charge in [0.2, 0.25) is 0 Å². The van der Waals surface area contributed by atoms with Crippen LogP contribution in [0.4, 0.5) is 0 Å². The number of thiophene rings is 1.